The quantitative estimate of drug-likeness (QED) is 0.738. The lowest BCUT2D eigenvalue weighted by Crippen LogP contribution is -2.11. The molecule has 0 spiro atoms. The molecule has 0 saturated heterocycles. The van der Waals surface area contributed by atoms with Crippen molar-refractivity contribution in [1.29, 1.82) is 0 Å². The largest absolute Gasteiger partial charge is 0.507 e. The lowest BCUT2D eigenvalue weighted by atomic mass is 10.0. The van der Waals surface area contributed by atoms with Gasteiger partial charge in [-0.1, -0.05) is 13.0 Å². The molecule has 0 aromatic heterocycles. The number of benzene rings is 1. The Labute approximate surface area is 77.2 Å². The minimum absolute atomic E-state index is 0.0191. The van der Waals surface area contributed by atoms with E-state index in [1.165, 1.54) is 12.1 Å². The number of hydrogen-bond acceptors (Lipinski definition) is 2. The van der Waals surface area contributed by atoms with Gasteiger partial charge in [-0.2, -0.15) is 0 Å². The van der Waals surface area contributed by atoms with Crippen molar-refractivity contribution in [1.82, 2.24) is 0 Å². The highest BCUT2D eigenvalue weighted by atomic mass is 19.1. The molecular formula is C10H14FNO. The van der Waals surface area contributed by atoms with Crippen molar-refractivity contribution >= 4 is 0 Å². The Kier molecular flexibility index (Phi) is 2.88. The van der Waals surface area contributed by atoms with Crippen molar-refractivity contribution in [2.75, 3.05) is 0 Å². The van der Waals surface area contributed by atoms with Crippen LogP contribution in [-0.4, -0.2) is 5.11 Å². The standard InChI is InChI=1S/C10H14FNO/c1-3-8(12)9-7(11)5-4-6(2)10(9)13/h4-5,8,13H,3,12H2,1-2H3/t8-/m0/s1. The van der Waals surface area contributed by atoms with Crippen LogP contribution in [0.5, 0.6) is 5.75 Å². The zero-order chi connectivity index (χ0) is 10.0. The summed E-state index contributed by atoms with van der Waals surface area (Å²) < 4.78 is 13.2. The van der Waals surface area contributed by atoms with Gasteiger partial charge in [0, 0.05) is 11.6 Å². The van der Waals surface area contributed by atoms with E-state index >= 15 is 0 Å². The third-order valence-electron chi connectivity index (χ3n) is 2.18. The summed E-state index contributed by atoms with van der Waals surface area (Å²) in [7, 11) is 0. The first kappa shape index (κ1) is 9.99. The van der Waals surface area contributed by atoms with Gasteiger partial charge in [0.1, 0.15) is 11.6 Å². The molecule has 0 saturated carbocycles. The van der Waals surface area contributed by atoms with E-state index in [0.29, 0.717) is 12.0 Å². The first-order chi connectivity index (χ1) is 6.07. The summed E-state index contributed by atoms with van der Waals surface area (Å²) in [6.45, 7) is 3.58. The van der Waals surface area contributed by atoms with Crippen molar-refractivity contribution in [3.05, 3.63) is 29.1 Å². The first-order valence-corrected chi connectivity index (χ1v) is 4.31. The Morgan fingerprint density at radius 1 is 1.54 bits per heavy atom. The molecule has 3 N–H and O–H groups in total. The van der Waals surface area contributed by atoms with Crippen LogP contribution in [0.25, 0.3) is 0 Å². The number of aryl methyl sites for hydroxylation is 1. The first-order valence-electron chi connectivity index (χ1n) is 4.31. The number of nitrogens with two attached hydrogens (primary N) is 1. The van der Waals surface area contributed by atoms with Crippen LogP contribution in [0.1, 0.15) is 30.5 Å². The zero-order valence-corrected chi connectivity index (χ0v) is 7.84. The van der Waals surface area contributed by atoms with Crippen LogP contribution in [0.4, 0.5) is 4.39 Å². The van der Waals surface area contributed by atoms with Crippen LogP contribution >= 0.6 is 0 Å². The molecule has 0 aliphatic carbocycles. The Morgan fingerprint density at radius 2 is 2.15 bits per heavy atom. The fourth-order valence-corrected chi connectivity index (χ4v) is 1.25. The number of hydrogen-bond donors (Lipinski definition) is 2. The molecule has 1 aromatic carbocycles. The van der Waals surface area contributed by atoms with Gasteiger partial charge >= 0.3 is 0 Å². The molecule has 1 atom stereocenters. The summed E-state index contributed by atoms with van der Waals surface area (Å²) in [4.78, 5) is 0. The summed E-state index contributed by atoms with van der Waals surface area (Å²) in [5, 5.41) is 9.56. The highest BCUT2D eigenvalue weighted by molar-refractivity contribution is 5.42. The van der Waals surface area contributed by atoms with Gasteiger partial charge in [-0.25, -0.2) is 4.39 Å². The van der Waals surface area contributed by atoms with Crippen LogP contribution in [0.15, 0.2) is 12.1 Å². The van der Waals surface area contributed by atoms with Crippen molar-refractivity contribution in [3.63, 3.8) is 0 Å². The van der Waals surface area contributed by atoms with Gasteiger partial charge in [0.15, 0.2) is 0 Å². The van der Waals surface area contributed by atoms with E-state index in [1.54, 1.807) is 6.92 Å². The van der Waals surface area contributed by atoms with E-state index in [1.807, 2.05) is 6.92 Å². The average Bonchev–Trinajstić information content (AvgIpc) is 2.12. The summed E-state index contributed by atoms with van der Waals surface area (Å²) in [5.74, 6) is -0.452. The molecule has 0 aliphatic heterocycles. The Hall–Kier alpha value is -1.09. The fraction of sp³-hybridized carbons (Fsp3) is 0.400. The predicted octanol–water partition coefficient (Wildman–Crippen LogP) is 2.25. The Bertz CT molecular complexity index is 312. The number of phenolic OH excluding ortho intramolecular Hbond substituents is 1. The second-order valence-corrected chi connectivity index (χ2v) is 3.14. The highest BCUT2D eigenvalue weighted by Crippen LogP contribution is 2.30. The maximum Gasteiger partial charge on any atom is 0.131 e. The van der Waals surface area contributed by atoms with Crippen LogP contribution in [0.3, 0.4) is 0 Å². The third kappa shape index (κ3) is 1.80. The SMILES string of the molecule is CC[C@H](N)c1c(F)ccc(C)c1O. The third-order valence-corrected chi connectivity index (χ3v) is 2.18. The maximum absolute atomic E-state index is 13.2. The molecule has 0 unspecified atom stereocenters. The molecule has 13 heavy (non-hydrogen) atoms. The molecule has 0 fully saturated rings. The van der Waals surface area contributed by atoms with E-state index in [4.69, 9.17) is 5.73 Å². The fourth-order valence-electron chi connectivity index (χ4n) is 1.25. The van der Waals surface area contributed by atoms with Crippen molar-refractivity contribution < 1.29 is 9.50 Å². The molecule has 72 valence electrons. The average molecular weight is 183 g/mol. The van der Waals surface area contributed by atoms with Crippen LogP contribution in [-0.2, 0) is 0 Å². The molecule has 1 rings (SSSR count). The van der Waals surface area contributed by atoms with E-state index in [-0.39, 0.29) is 11.3 Å². The van der Waals surface area contributed by atoms with Crippen LogP contribution < -0.4 is 5.73 Å². The second kappa shape index (κ2) is 3.75. The molecule has 0 amide bonds. The summed E-state index contributed by atoms with van der Waals surface area (Å²) in [6, 6.07) is 2.44. The van der Waals surface area contributed by atoms with Gasteiger partial charge in [-0.05, 0) is 25.0 Å². The van der Waals surface area contributed by atoms with Gasteiger partial charge in [-0.15, -0.1) is 0 Å². The summed E-state index contributed by atoms with van der Waals surface area (Å²) in [5.41, 5.74) is 6.54. The molecule has 0 bridgehead atoms. The van der Waals surface area contributed by atoms with Crippen molar-refractivity contribution in [3.8, 4) is 5.75 Å². The van der Waals surface area contributed by atoms with Crippen molar-refractivity contribution in [2.45, 2.75) is 26.3 Å². The smallest absolute Gasteiger partial charge is 0.131 e. The minimum Gasteiger partial charge on any atom is -0.507 e. The lowest BCUT2D eigenvalue weighted by molar-refractivity contribution is 0.443. The number of phenols is 1. The van der Waals surface area contributed by atoms with Crippen LogP contribution in [0.2, 0.25) is 0 Å². The number of halogens is 1. The highest BCUT2D eigenvalue weighted by Gasteiger charge is 2.15. The van der Waals surface area contributed by atoms with E-state index in [0.717, 1.165) is 0 Å². The molecule has 0 aliphatic rings. The Morgan fingerprint density at radius 3 is 2.69 bits per heavy atom. The maximum atomic E-state index is 13.2. The van der Waals surface area contributed by atoms with Gasteiger partial charge in [0.2, 0.25) is 0 Å². The van der Waals surface area contributed by atoms with E-state index in [2.05, 4.69) is 0 Å². The van der Waals surface area contributed by atoms with Crippen molar-refractivity contribution in [2.24, 2.45) is 5.73 Å². The van der Waals surface area contributed by atoms with Gasteiger partial charge in [0.25, 0.3) is 0 Å². The van der Waals surface area contributed by atoms with E-state index < -0.39 is 11.9 Å². The lowest BCUT2D eigenvalue weighted by Gasteiger charge is -2.13. The second-order valence-electron chi connectivity index (χ2n) is 3.14. The minimum atomic E-state index is -0.433. The van der Waals surface area contributed by atoms with E-state index in [9.17, 15) is 9.50 Å². The molecule has 0 heterocycles. The molecule has 3 heteroatoms. The molecule has 1 aromatic rings. The molecule has 2 nitrogen and oxygen atoms in total. The number of aromatic hydroxyl groups is 1. The topological polar surface area (TPSA) is 46.2 Å². The summed E-state index contributed by atoms with van der Waals surface area (Å²) in [6.07, 6.45) is 0.605. The normalized spacial score (nSPS) is 12.9. The molecule has 0 radical (unpaired) electrons. The number of rotatable bonds is 2. The Balaban J connectivity index is 3.25. The zero-order valence-electron chi connectivity index (χ0n) is 7.84. The molecular weight excluding hydrogens is 169 g/mol. The van der Waals surface area contributed by atoms with Gasteiger partial charge < -0.3 is 10.8 Å². The summed E-state index contributed by atoms with van der Waals surface area (Å²) >= 11 is 0. The predicted molar refractivity (Wildman–Crippen MR) is 50.0 cm³/mol. The van der Waals surface area contributed by atoms with Crippen LogP contribution in [0, 0.1) is 12.7 Å². The monoisotopic (exact) mass is 183 g/mol. The van der Waals surface area contributed by atoms with Gasteiger partial charge in [0.05, 0.1) is 0 Å². The van der Waals surface area contributed by atoms with Gasteiger partial charge in [-0.3, -0.25) is 0 Å².